The fraction of sp³-hybridized carbons (Fsp3) is 0. The number of nitrogens with zero attached hydrogens (tertiary/aromatic N) is 2. The molecule has 1 aromatic heterocycles. The molecule has 0 saturated carbocycles. The molecule has 0 aliphatic rings. The van der Waals surface area contributed by atoms with Crippen molar-refractivity contribution in [1.29, 1.82) is 0 Å². The quantitative estimate of drug-likeness (QED) is 0.437. The largest absolute Gasteiger partial charge is 0.508 e. The fourth-order valence-electron chi connectivity index (χ4n) is 2.68. The monoisotopic (exact) mass is 374 g/mol. The van der Waals surface area contributed by atoms with Gasteiger partial charge in [-0.3, -0.25) is 4.79 Å². The standard InChI is InChI=1S/C21H14N2O5/c24-13-7-5-12(6-8-13)20-10-18(26)14-9-16(19(27)11-21(14)28-20)23-22-15-3-1-2-4-17(15)25/h1-11,24-25,27H. The lowest BCUT2D eigenvalue weighted by molar-refractivity contribution is 0.473. The molecule has 1 heterocycles. The van der Waals surface area contributed by atoms with E-state index in [-0.39, 0.29) is 45.0 Å². The second kappa shape index (κ2) is 6.88. The molecule has 0 aliphatic carbocycles. The number of fused-ring (bicyclic) bond motifs is 1. The Labute approximate surface area is 158 Å². The van der Waals surface area contributed by atoms with E-state index in [0.717, 1.165) is 0 Å². The van der Waals surface area contributed by atoms with E-state index in [0.29, 0.717) is 11.3 Å². The number of phenolic OH excluding ortho intramolecular Hbond substituents is 3. The summed E-state index contributed by atoms with van der Waals surface area (Å²) in [5.41, 5.74) is 0.787. The zero-order valence-corrected chi connectivity index (χ0v) is 14.4. The fourth-order valence-corrected chi connectivity index (χ4v) is 2.68. The highest BCUT2D eigenvalue weighted by molar-refractivity contribution is 5.84. The first-order valence-electron chi connectivity index (χ1n) is 8.31. The van der Waals surface area contributed by atoms with Crippen molar-refractivity contribution in [1.82, 2.24) is 0 Å². The number of aromatic hydroxyl groups is 3. The molecule has 0 saturated heterocycles. The lowest BCUT2D eigenvalue weighted by atomic mass is 10.1. The number of hydrogen-bond donors (Lipinski definition) is 3. The van der Waals surface area contributed by atoms with Gasteiger partial charge in [-0.15, -0.1) is 10.2 Å². The van der Waals surface area contributed by atoms with Gasteiger partial charge in [0.05, 0.1) is 5.39 Å². The third-order valence-electron chi connectivity index (χ3n) is 4.12. The zero-order chi connectivity index (χ0) is 19.7. The highest BCUT2D eigenvalue weighted by Gasteiger charge is 2.11. The van der Waals surface area contributed by atoms with Crippen LogP contribution in [0.4, 0.5) is 11.4 Å². The van der Waals surface area contributed by atoms with Crippen LogP contribution in [0.3, 0.4) is 0 Å². The number of phenols is 3. The van der Waals surface area contributed by atoms with E-state index in [2.05, 4.69) is 10.2 Å². The van der Waals surface area contributed by atoms with Gasteiger partial charge >= 0.3 is 0 Å². The van der Waals surface area contributed by atoms with Crippen molar-refractivity contribution >= 4 is 22.3 Å². The minimum absolute atomic E-state index is 0.0513. The van der Waals surface area contributed by atoms with Crippen molar-refractivity contribution in [2.24, 2.45) is 10.2 Å². The first-order chi connectivity index (χ1) is 13.5. The van der Waals surface area contributed by atoms with Gasteiger partial charge in [-0.1, -0.05) is 12.1 Å². The summed E-state index contributed by atoms with van der Waals surface area (Å²) in [5.74, 6) is 0.131. The van der Waals surface area contributed by atoms with Crippen LogP contribution in [-0.2, 0) is 0 Å². The Balaban J connectivity index is 1.78. The van der Waals surface area contributed by atoms with E-state index in [9.17, 15) is 20.1 Å². The summed E-state index contributed by atoms with van der Waals surface area (Å²) in [5, 5.41) is 37.4. The molecule has 7 nitrogen and oxygen atoms in total. The normalized spacial score (nSPS) is 11.3. The van der Waals surface area contributed by atoms with E-state index >= 15 is 0 Å². The molecule has 0 amide bonds. The lowest BCUT2D eigenvalue weighted by Crippen LogP contribution is -2.00. The Morgan fingerprint density at radius 1 is 0.750 bits per heavy atom. The lowest BCUT2D eigenvalue weighted by Gasteiger charge is -2.05. The first-order valence-corrected chi connectivity index (χ1v) is 8.31. The molecule has 0 radical (unpaired) electrons. The van der Waals surface area contributed by atoms with Crippen molar-refractivity contribution in [3.8, 4) is 28.6 Å². The van der Waals surface area contributed by atoms with Crippen LogP contribution in [0.5, 0.6) is 17.2 Å². The van der Waals surface area contributed by atoms with Crippen LogP contribution in [0.2, 0.25) is 0 Å². The molecule has 0 atom stereocenters. The van der Waals surface area contributed by atoms with E-state index in [1.807, 2.05) is 0 Å². The third-order valence-corrected chi connectivity index (χ3v) is 4.12. The predicted molar refractivity (Wildman–Crippen MR) is 104 cm³/mol. The molecule has 7 heteroatoms. The van der Waals surface area contributed by atoms with Crippen LogP contribution in [0, 0.1) is 0 Å². The Hall–Kier alpha value is -4.13. The van der Waals surface area contributed by atoms with Gasteiger partial charge in [0, 0.05) is 17.7 Å². The topological polar surface area (TPSA) is 116 Å². The maximum atomic E-state index is 12.5. The second-order valence-corrected chi connectivity index (χ2v) is 6.05. The zero-order valence-electron chi connectivity index (χ0n) is 14.4. The number of benzene rings is 3. The third kappa shape index (κ3) is 3.28. The summed E-state index contributed by atoms with van der Waals surface area (Å²) < 4.78 is 5.73. The van der Waals surface area contributed by atoms with Crippen molar-refractivity contribution in [2.45, 2.75) is 0 Å². The van der Waals surface area contributed by atoms with Crippen molar-refractivity contribution in [3.05, 3.63) is 77.0 Å². The second-order valence-electron chi connectivity index (χ2n) is 6.05. The molecule has 0 fully saturated rings. The molecular weight excluding hydrogens is 360 g/mol. The van der Waals surface area contributed by atoms with Crippen LogP contribution in [0.1, 0.15) is 0 Å². The summed E-state index contributed by atoms with van der Waals surface area (Å²) >= 11 is 0. The van der Waals surface area contributed by atoms with Crippen LogP contribution >= 0.6 is 0 Å². The number of rotatable bonds is 3. The molecule has 4 rings (SSSR count). The van der Waals surface area contributed by atoms with Gasteiger partial charge in [0.2, 0.25) is 0 Å². The summed E-state index contributed by atoms with van der Waals surface area (Å²) in [6, 6.07) is 16.6. The first kappa shape index (κ1) is 17.3. The highest BCUT2D eigenvalue weighted by Crippen LogP contribution is 2.34. The average Bonchev–Trinajstić information content (AvgIpc) is 2.68. The molecule has 3 N–H and O–H groups in total. The van der Waals surface area contributed by atoms with Crippen LogP contribution in [0.25, 0.3) is 22.3 Å². The molecule has 0 spiro atoms. The molecule has 3 aromatic carbocycles. The Kier molecular flexibility index (Phi) is 4.25. The van der Waals surface area contributed by atoms with Crippen molar-refractivity contribution in [2.75, 3.05) is 0 Å². The Bertz CT molecular complexity index is 1260. The number of hydrogen-bond acceptors (Lipinski definition) is 7. The average molecular weight is 374 g/mol. The minimum Gasteiger partial charge on any atom is -0.508 e. The van der Waals surface area contributed by atoms with Gasteiger partial charge in [-0.2, -0.15) is 0 Å². The van der Waals surface area contributed by atoms with E-state index < -0.39 is 0 Å². The summed E-state index contributed by atoms with van der Waals surface area (Å²) in [4.78, 5) is 12.5. The maximum absolute atomic E-state index is 12.5. The molecule has 138 valence electrons. The summed E-state index contributed by atoms with van der Waals surface area (Å²) in [6.07, 6.45) is 0. The van der Waals surface area contributed by atoms with Gasteiger partial charge in [0.1, 0.15) is 40.0 Å². The molecule has 4 aromatic rings. The van der Waals surface area contributed by atoms with Crippen molar-refractivity contribution < 1.29 is 19.7 Å². The number of azo groups is 1. The Morgan fingerprint density at radius 2 is 1.46 bits per heavy atom. The smallest absolute Gasteiger partial charge is 0.193 e. The van der Waals surface area contributed by atoms with E-state index in [4.69, 9.17) is 4.42 Å². The van der Waals surface area contributed by atoms with Gasteiger partial charge in [-0.25, -0.2) is 0 Å². The molecule has 0 bridgehead atoms. The van der Waals surface area contributed by atoms with Gasteiger partial charge in [-0.05, 0) is 42.5 Å². The van der Waals surface area contributed by atoms with Gasteiger partial charge in [0.15, 0.2) is 5.43 Å². The minimum atomic E-state index is -0.316. The summed E-state index contributed by atoms with van der Waals surface area (Å²) in [7, 11) is 0. The molecule has 0 unspecified atom stereocenters. The van der Waals surface area contributed by atoms with E-state index in [1.54, 1.807) is 30.3 Å². The van der Waals surface area contributed by atoms with Crippen LogP contribution in [-0.4, -0.2) is 15.3 Å². The molecule has 28 heavy (non-hydrogen) atoms. The molecular formula is C21H14N2O5. The SMILES string of the molecule is O=c1cc(-c2ccc(O)cc2)oc2cc(O)c(N=Nc3ccccc3O)cc12. The van der Waals surface area contributed by atoms with Crippen LogP contribution < -0.4 is 5.43 Å². The van der Waals surface area contributed by atoms with Crippen LogP contribution in [0.15, 0.2) is 86.2 Å². The number of para-hydroxylation sites is 1. The maximum Gasteiger partial charge on any atom is 0.193 e. The molecule has 0 aliphatic heterocycles. The predicted octanol–water partition coefficient (Wildman–Crippen LogP) is 4.99. The summed E-state index contributed by atoms with van der Waals surface area (Å²) in [6.45, 7) is 0. The van der Waals surface area contributed by atoms with Crippen molar-refractivity contribution in [3.63, 3.8) is 0 Å². The highest BCUT2D eigenvalue weighted by atomic mass is 16.3. The van der Waals surface area contributed by atoms with E-state index in [1.165, 1.54) is 36.4 Å². The Morgan fingerprint density at radius 3 is 2.21 bits per heavy atom. The van der Waals surface area contributed by atoms with Gasteiger partial charge < -0.3 is 19.7 Å². The van der Waals surface area contributed by atoms with Gasteiger partial charge in [0.25, 0.3) is 0 Å².